The predicted octanol–water partition coefficient (Wildman–Crippen LogP) is 4.48. The number of anilines is 1. The number of nitrogens with zero attached hydrogens (tertiary/aromatic N) is 3. The number of aryl methyl sites for hydroxylation is 3. The van der Waals surface area contributed by atoms with Crippen molar-refractivity contribution < 1.29 is 4.79 Å². The van der Waals surface area contributed by atoms with Crippen LogP contribution in [0.1, 0.15) is 44.7 Å². The third kappa shape index (κ3) is 5.68. The number of rotatable bonds is 8. The van der Waals surface area contributed by atoms with Crippen molar-refractivity contribution in [1.29, 1.82) is 5.26 Å². The summed E-state index contributed by atoms with van der Waals surface area (Å²) in [6, 6.07) is 16.4. The van der Waals surface area contributed by atoms with Crippen molar-refractivity contribution >= 4 is 23.5 Å². The van der Waals surface area contributed by atoms with E-state index in [9.17, 15) is 4.79 Å². The zero-order chi connectivity index (χ0) is 22.4. The van der Waals surface area contributed by atoms with Crippen LogP contribution in [0.5, 0.6) is 0 Å². The van der Waals surface area contributed by atoms with Gasteiger partial charge in [0.1, 0.15) is 11.6 Å². The molecule has 0 unspecified atom stereocenters. The van der Waals surface area contributed by atoms with Crippen LogP contribution in [0.15, 0.2) is 47.4 Å². The molecular formula is C24H27N5OS. The van der Waals surface area contributed by atoms with E-state index in [0.717, 1.165) is 11.3 Å². The van der Waals surface area contributed by atoms with Crippen LogP contribution < -0.4 is 5.73 Å². The number of amides is 1. The summed E-state index contributed by atoms with van der Waals surface area (Å²) in [4.78, 5) is 15.8. The lowest BCUT2D eigenvalue weighted by Gasteiger charge is -2.17. The molecule has 3 rings (SSSR count). The standard InChI is InChI=1S/C24H27N5OS/c1-16-9-10-22(17(2)12-16)31-15-18-6-4-7-19(13-18)24(30)29(3)11-5-8-21-20(14-25)23(26)28-27-21/h4,6-7,9-10,12-13H,5,8,11,15H2,1-3H3,(H3,26,27,28). The van der Waals surface area contributed by atoms with Crippen molar-refractivity contribution in [2.75, 3.05) is 19.3 Å². The number of carbonyl (C=O) groups is 1. The van der Waals surface area contributed by atoms with Crippen LogP contribution >= 0.6 is 11.8 Å². The minimum absolute atomic E-state index is 0.0111. The zero-order valence-electron chi connectivity index (χ0n) is 18.1. The van der Waals surface area contributed by atoms with Crippen molar-refractivity contribution in [2.24, 2.45) is 0 Å². The van der Waals surface area contributed by atoms with Gasteiger partial charge in [-0.2, -0.15) is 10.4 Å². The molecule has 0 saturated heterocycles. The van der Waals surface area contributed by atoms with E-state index < -0.39 is 0 Å². The maximum atomic E-state index is 12.9. The van der Waals surface area contributed by atoms with E-state index in [2.05, 4.69) is 54.4 Å². The lowest BCUT2D eigenvalue weighted by Crippen LogP contribution is -2.28. The molecule has 0 aliphatic carbocycles. The summed E-state index contributed by atoms with van der Waals surface area (Å²) in [5.74, 6) is 1.02. The Morgan fingerprint density at radius 1 is 1.26 bits per heavy atom. The Bertz CT molecular complexity index is 1120. The summed E-state index contributed by atoms with van der Waals surface area (Å²) < 4.78 is 0. The molecule has 0 aliphatic rings. The van der Waals surface area contributed by atoms with Crippen LogP contribution in [0.2, 0.25) is 0 Å². The second kappa shape index (κ2) is 10.2. The van der Waals surface area contributed by atoms with Gasteiger partial charge in [0, 0.05) is 29.8 Å². The Labute approximate surface area is 187 Å². The molecule has 0 atom stereocenters. The summed E-state index contributed by atoms with van der Waals surface area (Å²) >= 11 is 1.78. The van der Waals surface area contributed by atoms with Crippen LogP contribution in [-0.2, 0) is 12.2 Å². The van der Waals surface area contributed by atoms with Gasteiger partial charge in [0.05, 0.1) is 5.69 Å². The number of nitrogens with one attached hydrogen (secondary N) is 1. The molecule has 0 spiro atoms. The van der Waals surface area contributed by atoms with Gasteiger partial charge < -0.3 is 10.6 Å². The number of nitrogen functional groups attached to an aromatic ring is 1. The lowest BCUT2D eigenvalue weighted by atomic mass is 10.1. The van der Waals surface area contributed by atoms with Crippen molar-refractivity contribution in [1.82, 2.24) is 15.1 Å². The highest BCUT2D eigenvalue weighted by atomic mass is 32.2. The number of carbonyl (C=O) groups excluding carboxylic acids is 1. The van der Waals surface area contributed by atoms with E-state index >= 15 is 0 Å². The van der Waals surface area contributed by atoms with Crippen molar-refractivity contribution in [3.05, 3.63) is 76.0 Å². The number of thioether (sulfide) groups is 1. The number of H-pyrrole nitrogens is 1. The largest absolute Gasteiger partial charge is 0.381 e. The molecule has 1 heterocycles. The van der Waals surface area contributed by atoms with E-state index in [1.165, 1.54) is 16.0 Å². The van der Waals surface area contributed by atoms with Gasteiger partial charge in [0.25, 0.3) is 5.91 Å². The number of nitriles is 1. The van der Waals surface area contributed by atoms with E-state index in [1.807, 2.05) is 18.2 Å². The summed E-state index contributed by atoms with van der Waals surface area (Å²) in [6.07, 6.45) is 1.32. The van der Waals surface area contributed by atoms with Crippen molar-refractivity contribution in [3.8, 4) is 6.07 Å². The molecule has 0 saturated carbocycles. The van der Waals surface area contributed by atoms with Crippen LogP contribution in [0.25, 0.3) is 0 Å². The zero-order valence-corrected chi connectivity index (χ0v) is 18.9. The molecule has 1 amide bonds. The van der Waals surface area contributed by atoms with Crippen molar-refractivity contribution in [3.63, 3.8) is 0 Å². The van der Waals surface area contributed by atoms with Gasteiger partial charge in [0.15, 0.2) is 5.82 Å². The average molecular weight is 434 g/mol. The van der Waals surface area contributed by atoms with Crippen LogP contribution in [0.3, 0.4) is 0 Å². The number of hydrogen-bond donors (Lipinski definition) is 2. The topological polar surface area (TPSA) is 98.8 Å². The highest BCUT2D eigenvalue weighted by Crippen LogP contribution is 2.27. The summed E-state index contributed by atoms with van der Waals surface area (Å²) in [6.45, 7) is 4.80. The van der Waals surface area contributed by atoms with Crippen LogP contribution in [0, 0.1) is 25.2 Å². The molecule has 3 aromatic rings. The van der Waals surface area contributed by atoms with Gasteiger partial charge in [-0.15, -0.1) is 11.8 Å². The molecule has 0 radical (unpaired) electrons. The summed E-state index contributed by atoms with van der Waals surface area (Å²) in [5.41, 5.74) is 11.1. The maximum absolute atomic E-state index is 12.9. The average Bonchev–Trinajstić information content (AvgIpc) is 3.12. The summed E-state index contributed by atoms with van der Waals surface area (Å²) in [7, 11) is 1.80. The van der Waals surface area contributed by atoms with Gasteiger partial charge in [-0.05, 0) is 56.0 Å². The quantitative estimate of drug-likeness (QED) is 0.510. The molecule has 3 N–H and O–H groups in total. The van der Waals surface area contributed by atoms with Gasteiger partial charge in [-0.1, -0.05) is 29.8 Å². The fraction of sp³-hybridized carbons (Fsp3) is 0.292. The Kier molecular flexibility index (Phi) is 7.37. The second-order valence-corrected chi connectivity index (χ2v) is 8.68. The highest BCUT2D eigenvalue weighted by molar-refractivity contribution is 7.98. The molecule has 2 aromatic carbocycles. The Balaban J connectivity index is 1.56. The molecule has 0 bridgehead atoms. The normalized spacial score (nSPS) is 10.6. The summed E-state index contributed by atoms with van der Waals surface area (Å²) in [5, 5.41) is 15.8. The first kappa shape index (κ1) is 22.4. The molecule has 31 heavy (non-hydrogen) atoms. The first-order valence-corrected chi connectivity index (χ1v) is 11.1. The Morgan fingerprint density at radius 3 is 2.81 bits per heavy atom. The second-order valence-electron chi connectivity index (χ2n) is 7.66. The first-order chi connectivity index (χ1) is 14.9. The number of nitrogens with two attached hydrogens (primary N) is 1. The maximum Gasteiger partial charge on any atom is 0.253 e. The van der Waals surface area contributed by atoms with Gasteiger partial charge >= 0.3 is 0 Å². The molecule has 0 fully saturated rings. The molecule has 0 aliphatic heterocycles. The molecule has 160 valence electrons. The van der Waals surface area contributed by atoms with Crippen LogP contribution in [0.4, 0.5) is 5.82 Å². The van der Waals surface area contributed by atoms with Gasteiger partial charge in [-0.25, -0.2) is 0 Å². The molecule has 7 heteroatoms. The first-order valence-electron chi connectivity index (χ1n) is 10.2. The van der Waals surface area contributed by atoms with Gasteiger partial charge in [-0.3, -0.25) is 9.89 Å². The molecule has 1 aromatic heterocycles. The van der Waals surface area contributed by atoms with Gasteiger partial charge in [0.2, 0.25) is 0 Å². The van der Waals surface area contributed by atoms with E-state index in [4.69, 9.17) is 11.0 Å². The van der Waals surface area contributed by atoms with E-state index in [-0.39, 0.29) is 11.7 Å². The fourth-order valence-electron chi connectivity index (χ4n) is 3.43. The number of aromatic nitrogens is 2. The minimum Gasteiger partial charge on any atom is -0.381 e. The number of benzene rings is 2. The molecular weight excluding hydrogens is 406 g/mol. The van der Waals surface area contributed by atoms with E-state index in [0.29, 0.717) is 36.2 Å². The third-order valence-corrected chi connectivity index (χ3v) is 6.39. The molecule has 6 nitrogen and oxygen atoms in total. The monoisotopic (exact) mass is 433 g/mol. The van der Waals surface area contributed by atoms with Crippen LogP contribution in [-0.4, -0.2) is 34.6 Å². The van der Waals surface area contributed by atoms with E-state index in [1.54, 1.807) is 23.7 Å². The fourth-order valence-corrected chi connectivity index (χ4v) is 4.38. The Hall–Kier alpha value is -3.24. The number of hydrogen-bond acceptors (Lipinski definition) is 5. The number of aromatic amines is 1. The lowest BCUT2D eigenvalue weighted by molar-refractivity contribution is 0.0793. The third-order valence-electron chi connectivity index (χ3n) is 5.15. The SMILES string of the molecule is Cc1ccc(SCc2cccc(C(=O)N(C)CCCc3[nH]nc(N)c3C#N)c2)c(C)c1. The smallest absolute Gasteiger partial charge is 0.253 e. The highest BCUT2D eigenvalue weighted by Gasteiger charge is 2.14. The minimum atomic E-state index is -0.0111. The predicted molar refractivity (Wildman–Crippen MR) is 125 cm³/mol. The van der Waals surface area contributed by atoms with Crippen molar-refractivity contribution in [2.45, 2.75) is 37.3 Å². The Morgan fingerprint density at radius 2 is 2.06 bits per heavy atom.